The molecule has 3 N–H and O–H groups in total. The van der Waals surface area contributed by atoms with E-state index in [-0.39, 0.29) is 28.7 Å². The maximum absolute atomic E-state index is 14.9. The maximum Gasteiger partial charge on any atom is 0.167 e. The van der Waals surface area contributed by atoms with Gasteiger partial charge in [0.05, 0.1) is 17.3 Å². The molecule has 1 saturated carbocycles. The van der Waals surface area contributed by atoms with Gasteiger partial charge in [-0.1, -0.05) is 72.1 Å². The lowest BCUT2D eigenvalue weighted by Gasteiger charge is -2.48. The van der Waals surface area contributed by atoms with Crippen molar-refractivity contribution in [3.05, 3.63) is 116 Å². The number of nitrogens with zero attached hydrogens (tertiary/aromatic N) is 1. The van der Waals surface area contributed by atoms with E-state index >= 15 is 0 Å². The minimum Gasteiger partial charge on any atom is -0.393 e. The Morgan fingerprint density at radius 3 is 2.43 bits per heavy atom. The number of allylic oxidation sites excluding steroid dienone is 2. The first-order valence-corrected chi connectivity index (χ1v) is 18.4. The fraction of sp³-hybridized carbons (Fsp3) is 0.488. The number of fused-ring (bicyclic) bond motifs is 8. The van der Waals surface area contributed by atoms with Crippen LogP contribution in [0.15, 0.2) is 72.3 Å². The van der Waals surface area contributed by atoms with E-state index in [0.717, 1.165) is 29.5 Å². The molecule has 4 atom stereocenters. The molecule has 0 unspecified atom stereocenters. The number of aliphatic hydroxyl groups is 3. The van der Waals surface area contributed by atoms with Gasteiger partial charge in [-0.25, -0.2) is 4.39 Å². The number of hydrogen-bond acceptors (Lipinski definition) is 5. The van der Waals surface area contributed by atoms with Crippen LogP contribution in [0, 0.1) is 11.2 Å². The largest absolute Gasteiger partial charge is 0.393 e. The van der Waals surface area contributed by atoms with E-state index in [4.69, 9.17) is 23.2 Å². The Kier molecular flexibility index (Phi) is 10.8. The molecule has 262 valence electrons. The van der Waals surface area contributed by atoms with Gasteiger partial charge < -0.3 is 20.2 Å². The van der Waals surface area contributed by atoms with E-state index in [1.54, 1.807) is 6.07 Å². The fourth-order valence-electron chi connectivity index (χ4n) is 8.70. The number of carbonyl (C=O) groups is 1. The lowest BCUT2D eigenvalue weighted by atomic mass is 9.64. The third-order valence-corrected chi connectivity index (χ3v) is 12.5. The Labute approximate surface area is 299 Å². The van der Waals surface area contributed by atoms with E-state index in [9.17, 15) is 24.5 Å². The molecule has 3 aromatic rings. The van der Waals surface area contributed by atoms with Crippen LogP contribution in [0.4, 0.5) is 4.39 Å². The van der Waals surface area contributed by atoms with Crippen molar-refractivity contribution < 1.29 is 24.5 Å². The SMILES string of the molecule is CC1=CCC[C@@]2(C)[C@@H](CC[C@@]2(O)CN2CCC(O)(c3ccc(Cl)cc3)CC2)c2ccc(cc2C(=O)Cc2c(F)cccc2Cl)C[C@@H](O)CC1. The molecule has 0 spiro atoms. The van der Waals surface area contributed by atoms with Crippen molar-refractivity contribution in [3.8, 4) is 0 Å². The van der Waals surface area contributed by atoms with Crippen LogP contribution in [0.3, 0.4) is 0 Å². The molecule has 3 aromatic carbocycles. The number of rotatable bonds is 6. The second kappa shape index (κ2) is 14.6. The molecular formula is C41H48Cl2FNO4. The van der Waals surface area contributed by atoms with E-state index in [1.165, 1.54) is 17.7 Å². The van der Waals surface area contributed by atoms with Gasteiger partial charge in [0, 0.05) is 52.6 Å². The summed E-state index contributed by atoms with van der Waals surface area (Å²) >= 11 is 12.5. The first-order chi connectivity index (χ1) is 23.3. The van der Waals surface area contributed by atoms with E-state index in [0.29, 0.717) is 75.2 Å². The first kappa shape index (κ1) is 36.2. The molecule has 0 aromatic heterocycles. The smallest absolute Gasteiger partial charge is 0.167 e. The van der Waals surface area contributed by atoms with Crippen molar-refractivity contribution in [1.82, 2.24) is 4.90 Å². The molecule has 0 radical (unpaired) electrons. The van der Waals surface area contributed by atoms with Gasteiger partial charge >= 0.3 is 0 Å². The molecule has 0 amide bonds. The van der Waals surface area contributed by atoms with Gasteiger partial charge in [0.15, 0.2) is 5.78 Å². The number of ketones is 1. The Morgan fingerprint density at radius 1 is 0.980 bits per heavy atom. The fourth-order valence-corrected chi connectivity index (χ4v) is 9.05. The Bertz CT molecular complexity index is 1680. The van der Waals surface area contributed by atoms with Crippen LogP contribution in [-0.2, 0) is 18.4 Å². The van der Waals surface area contributed by atoms with Crippen LogP contribution in [0.2, 0.25) is 10.0 Å². The van der Waals surface area contributed by atoms with Gasteiger partial charge in [-0.05, 0) is 118 Å². The van der Waals surface area contributed by atoms with Crippen molar-refractivity contribution >= 4 is 29.0 Å². The van der Waals surface area contributed by atoms with Gasteiger partial charge in [0.25, 0.3) is 0 Å². The summed E-state index contributed by atoms with van der Waals surface area (Å²) < 4.78 is 14.9. The molecule has 5 nitrogen and oxygen atoms in total. The molecular weight excluding hydrogens is 660 g/mol. The van der Waals surface area contributed by atoms with Crippen molar-refractivity contribution in [2.24, 2.45) is 5.41 Å². The number of hydrogen-bond donors (Lipinski definition) is 3. The molecule has 3 aliphatic carbocycles. The van der Waals surface area contributed by atoms with Crippen molar-refractivity contribution in [3.63, 3.8) is 0 Å². The molecule has 1 saturated heterocycles. The summed E-state index contributed by atoms with van der Waals surface area (Å²) in [7, 11) is 0. The minimum absolute atomic E-state index is 0.126. The second-order valence-corrected chi connectivity index (χ2v) is 15.9. The summed E-state index contributed by atoms with van der Waals surface area (Å²) in [4.78, 5) is 16.4. The maximum atomic E-state index is 14.9. The van der Waals surface area contributed by atoms with Gasteiger partial charge in [-0.3, -0.25) is 4.79 Å². The topological polar surface area (TPSA) is 81.0 Å². The highest BCUT2D eigenvalue weighted by Gasteiger charge is 2.57. The number of halogens is 3. The molecule has 2 bridgehead atoms. The number of β-amino-alcohol motifs (C(OH)–C–C–N with tert-alkyl or cyclic N) is 1. The van der Waals surface area contributed by atoms with E-state index in [2.05, 4.69) is 24.8 Å². The number of likely N-dealkylation sites (tertiary alicyclic amines) is 1. The molecule has 7 rings (SSSR count). The summed E-state index contributed by atoms with van der Waals surface area (Å²) in [6, 6.07) is 17.7. The summed E-state index contributed by atoms with van der Waals surface area (Å²) in [5.41, 5.74) is 1.93. The van der Waals surface area contributed by atoms with Gasteiger partial charge in [0.2, 0.25) is 0 Å². The highest BCUT2D eigenvalue weighted by molar-refractivity contribution is 6.31. The third-order valence-electron chi connectivity index (χ3n) is 11.9. The normalized spacial score (nSPS) is 27.7. The third kappa shape index (κ3) is 7.56. The number of aliphatic hydroxyl groups excluding tert-OH is 1. The number of benzene rings is 3. The molecule has 1 heterocycles. The summed E-state index contributed by atoms with van der Waals surface area (Å²) in [6.45, 7) is 6.04. The predicted octanol–water partition coefficient (Wildman–Crippen LogP) is 8.58. The van der Waals surface area contributed by atoms with Crippen molar-refractivity contribution in [2.75, 3.05) is 19.6 Å². The zero-order chi connectivity index (χ0) is 35.0. The number of carbonyl (C=O) groups excluding carboxylic acids is 1. The van der Waals surface area contributed by atoms with Crippen LogP contribution in [0.25, 0.3) is 0 Å². The van der Waals surface area contributed by atoms with Crippen LogP contribution in [0.1, 0.15) is 104 Å². The average molecular weight is 709 g/mol. The Balaban J connectivity index is 1.32. The summed E-state index contributed by atoms with van der Waals surface area (Å²) in [5.74, 6) is -0.863. The number of Topliss-reactive ketones (excluding diaryl/α,β-unsaturated/α-hetero) is 1. The van der Waals surface area contributed by atoms with Crippen LogP contribution >= 0.6 is 23.2 Å². The molecule has 49 heavy (non-hydrogen) atoms. The lowest BCUT2D eigenvalue weighted by Crippen LogP contribution is -2.55. The summed E-state index contributed by atoms with van der Waals surface area (Å²) in [6.07, 6.45) is 7.15. The Morgan fingerprint density at radius 2 is 1.71 bits per heavy atom. The van der Waals surface area contributed by atoms with Crippen molar-refractivity contribution in [2.45, 2.75) is 101 Å². The lowest BCUT2D eigenvalue weighted by molar-refractivity contribution is -0.101. The zero-order valence-electron chi connectivity index (χ0n) is 28.5. The standard InChI is InChI=1S/C41H48Cl2FNO4/c1-27-5-4-17-39(2)35(16-18-41(39,49)26-45-21-19-40(48,20-22-45)29-10-12-30(42)13-11-29)32-15-9-28(23-31(46)14-8-27)24-33(32)38(47)25-34-36(43)6-3-7-37(34)44/h3,5-7,9-13,15,24,31,35,46,48-49H,4,8,14,16-23,25-26H2,1-2H3/t31-,35-,39-,41+/m0/s1. The van der Waals surface area contributed by atoms with E-state index in [1.807, 2.05) is 42.5 Å². The van der Waals surface area contributed by atoms with Crippen molar-refractivity contribution in [1.29, 1.82) is 0 Å². The van der Waals surface area contributed by atoms with E-state index < -0.39 is 28.5 Å². The molecule has 8 heteroatoms. The zero-order valence-corrected chi connectivity index (χ0v) is 30.0. The molecule has 2 fully saturated rings. The Hall–Kier alpha value is -2.58. The average Bonchev–Trinajstić information content (AvgIpc) is 3.32. The van der Waals surface area contributed by atoms with Crippen LogP contribution in [-0.4, -0.2) is 57.3 Å². The minimum atomic E-state index is -1.05. The quantitative estimate of drug-likeness (QED) is 0.177. The van der Waals surface area contributed by atoms with Gasteiger partial charge in [-0.2, -0.15) is 0 Å². The van der Waals surface area contributed by atoms with Crippen LogP contribution in [0.5, 0.6) is 0 Å². The second-order valence-electron chi connectivity index (χ2n) is 15.1. The van der Waals surface area contributed by atoms with Crippen LogP contribution < -0.4 is 0 Å². The monoisotopic (exact) mass is 707 g/mol. The van der Waals surface area contributed by atoms with Gasteiger partial charge in [0.1, 0.15) is 5.82 Å². The molecule has 4 aliphatic rings. The number of piperidine rings is 1. The highest BCUT2D eigenvalue weighted by atomic mass is 35.5. The van der Waals surface area contributed by atoms with Gasteiger partial charge in [-0.15, -0.1) is 0 Å². The summed E-state index contributed by atoms with van der Waals surface area (Å²) in [5, 5.41) is 36.0. The first-order valence-electron chi connectivity index (χ1n) is 17.7. The molecule has 1 aliphatic heterocycles. The predicted molar refractivity (Wildman–Crippen MR) is 194 cm³/mol. The highest BCUT2D eigenvalue weighted by Crippen LogP contribution is 2.59.